The number of rotatable bonds is 4. The second-order valence-corrected chi connectivity index (χ2v) is 5.97. The van der Waals surface area contributed by atoms with Crippen molar-refractivity contribution < 1.29 is 14.6 Å². The summed E-state index contributed by atoms with van der Waals surface area (Å²) < 4.78 is 5.67. The van der Waals surface area contributed by atoms with Crippen molar-refractivity contribution in [3.05, 3.63) is 34.9 Å². The van der Waals surface area contributed by atoms with Crippen LogP contribution in [0, 0.1) is 5.92 Å². The van der Waals surface area contributed by atoms with Gasteiger partial charge in [0, 0.05) is 11.6 Å². The van der Waals surface area contributed by atoms with Crippen molar-refractivity contribution in [3.63, 3.8) is 0 Å². The molecule has 2 bridgehead atoms. The van der Waals surface area contributed by atoms with Gasteiger partial charge in [-0.25, -0.2) is 0 Å². The van der Waals surface area contributed by atoms with Crippen LogP contribution in [0.15, 0.2) is 24.3 Å². The zero-order valence-electron chi connectivity index (χ0n) is 11.1. The summed E-state index contributed by atoms with van der Waals surface area (Å²) in [5.74, 6) is -0.0589. The first-order valence-corrected chi connectivity index (χ1v) is 7.38. The summed E-state index contributed by atoms with van der Waals surface area (Å²) in [5, 5.41) is 13.5. The second kappa shape index (κ2) is 5.72. The number of aliphatic hydroxyl groups excluding tert-OH is 1. The first-order chi connectivity index (χ1) is 9.63. The van der Waals surface area contributed by atoms with E-state index in [1.54, 1.807) is 24.3 Å². The van der Waals surface area contributed by atoms with Crippen molar-refractivity contribution in [3.8, 4) is 0 Å². The predicted octanol–water partition coefficient (Wildman–Crippen LogP) is 2.06. The number of ether oxygens (including phenoxy) is 1. The molecule has 0 saturated carbocycles. The largest absolute Gasteiger partial charge is 0.387 e. The minimum atomic E-state index is -0.712. The normalized spacial score (nSPS) is 29.4. The quantitative estimate of drug-likeness (QED) is 0.894. The van der Waals surface area contributed by atoms with Gasteiger partial charge in [0.1, 0.15) is 0 Å². The molecule has 4 unspecified atom stereocenters. The molecule has 20 heavy (non-hydrogen) atoms. The number of hydrogen-bond donors (Lipinski definition) is 2. The molecule has 2 aliphatic rings. The number of fused-ring (bicyclic) bond motifs is 2. The molecule has 0 radical (unpaired) electrons. The summed E-state index contributed by atoms with van der Waals surface area (Å²) in [7, 11) is 0. The second-order valence-electron chi connectivity index (χ2n) is 5.53. The molecule has 1 amide bonds. The van der Waals surface area contributed by atoms with Crippen LogP contribution < -0.4 is 5.32 Å². The van der Waals surface area contributed by atoms with Crippen molar-refractivity contribution in [1.29, 1.82) is 0 Å². The SMILES string of the molecule is O=C(NCC(O)c1ccc(Cl)cc1)C1CC2CCC1O2. The first kappa shape index (κ1) is 13.9. The summed E-state index contributed by atoms with van der Waals surface area (Å²) in [6, 6.07) is 6.98. The lowest BCUT2D eigenvalue weighted by Crippen LogP contribution is -2.38. The maximum Gasteiger partial charge on any atom is 0.225 e. The van der Waals surface area contributed by atoms with E-state index < -0.39 is 6.10 Å². The lowest BCUT2D eigenvalue weighted by Gasteiger charge is -2.19. The number of aliphatic hydroxyl groups is 1. The monoisotopic (exact) mass is 295 g/mol. The minimum Gasteiger partial charge on any atom is -0.387 e. The van der Waals surface area contributed by atoms with Gasteiger partial charge in [-0.15, -0.1) is 0 Å². The van der Waals surface area contributed by atoms with E-state index in [0.717, 1.165) is 24.8 Å². The Morgan fingerprint density at radius 2 is 2.15 bits per heavy atom. The predicted molar refractivity (Wildman–Crippen MR) is 75.4 cm³/mol. The smallest absolute Gasteiger partial charge is 0.225 e. The summed E-state index contributed by atoms with van der Waals surface area (Å²) >= 11 is 5.80. The van der Waals surface area contributed by atoms with Crippen LogP contribution in [0.3, 0.4) is 0 Å². The number of amides is 1. The molecule has 1 aromatic rings. The molecule has 0 aliphatic carbocycles. The highest BCUT2D eigenvalue weighted by molar-refractivity contribution is 6.30. The molecule has 5 heteroatoms. The fraction of sp³-hybridized carbons (Fsp3) is 0.533. The van der Waals surface area contributed by atoms with Crippen LogP contribution in [0.5, 0.6) is 0 Å². The fourth-order valence-corrected chi connectivity index (χ4v) is 3.17. The lowest BCUT2D eigenvalue weighted by atomic mass is 9.88. The van der Waals surface area contributed by atoms with Gasteiger partial charge in [-0.2, -0.15) is 0 Å². The van der Waals surface area contributed by atoms with E-state index >= 15 is 0 Å². The molecule has 2 saturated heterocycles. The molecule has 108 valence electrons. The highest BCUT2D eigenvalue weighted by Gasteiger charge is 2.44. The van der Waals surface area contributed by atoms with E-state index in [2.05, 4.69) is 5.32 Å². The maximum atomic E-state index is 12.1. The number of nitrogens with one attached hydrogen (secondary N) is 1. The van der Waals surface area contributed by atoms with Crippen LogP contribution in [-0.2, 0) is 9.53 Å². The zero-order chi connectivity index (χ0) is 14.1. The molecule has 0 spiro atoms. The molecule has 2 fully saturated rings. The van der Waals surface area contributed by atoms with Gasteiger partial charge in [-0.3, -0.25) is 4.79 Å². The van der Waals surface area contributed by atoms with Gasteiger partial charge < -0.3 is 15.2 Å². The molecule has 2 N–H and O–H groups in total. The van der Waals surface area contributed by atoms with Gasteiger partial charge in [-0.05, 0) is 37.0 Å². The van der Waals surface area contributed by atoms with Crippen LogP contribution in [0.25, 0.3) is 0 Å². The average Bonchev–Trinajstić information content (AvgIpc) is 3.08. The van der Waals surface area contributed by atoms with Gasteiger partial charge >= 0.3 is 0 Å². The van der Waals surface area contributed by atoms with Crippen LogP contribution >= 0.6 is 11.6 Å². The van der Waals surface area contributed by atoms with Gasteiger partial charge in [0.2, 0.25) is 5.91 Å². The summed E-state index contributed by atoms with van der Waals surface area (Å²) in [6.45, 7) is 0.217. The van der Waals surface area contributed by atoms with Crippen molar-refractivity contribution in [1.82, 2.24) is 5.32 Å². The summed E-state index contributed by atoms with van der Waals surface area (Å²) in [5.41, 5.74) is 0.749. The molecule has 1 aromatic carbocycles. The van der Waals surface area contributed by atoms with E-state index in [1.807, 2.05) is 0 Å². The number of carbonyl (C=O) groups is 1. The van der Waals surface area contributed by atoms with Crippen molar-refractivity contribution in [2.24, 2.45) is 5.92 Å². The molecular weight excluding hydrogens is 278 g/mol. The average molecular weight is 296 g/mol. The molecular formula is C15H18ClNO3. The van der Waals surface area contributed by atoms with Crippen LogP contribution in [-0.4, -0.2) is 29.8 Å². The number of hydrogen-bond acceptors (Lipinski definition) is 3. The van der Waals surface area contributed by atoms with Crippen LogP contribution in [0.1, 0.15) is 30.9 Å². The van der Waals surface area contributed by atoms with Gasteiger partial charge in [0.15, 0.2) is 0 Å². The highest BCUT2D eigenvalue weighted by Crippen LogP contribution is 2.38. The molecule has 4 atom stereocenters. The molecule has 0 aromatic heterocycles. The Bertz CT molecular complexity index is 490. The number of carbonyl (C=O) groups excluding carboxylic acids is 1. The summed E-state index contributed by atoms with van der Waals surface area (Å²) in [6.07, 6.45) is 2.48. The molecule has 2 aliphatic heterocycles. The van der Waals surface area contributed by atoms with E-state index in [-0.39, 0.29) is 30.6 Å². The highest BCUT2D eigenvalue weighted by atomic mass is 35.5. The first-order valence-electron chi connectivity index (χ1n) is 7.00. The van der Waals surface area contributed by atoms with Gasteiger partial charge in [0.05, 0.1) is 24.2 Å². The van der Waals surface area contributed by atoms with Gasteiger partial charge in [0.25, 0.3) is 0 Å². The fourth-order valence-electron chi connectivity index (χ4n) is 3.04. The Labute approximate surface area is 123 Å². The van der Waals surface area contributed by atoms with Crippen molar-refractivity contribution >= 4 is 17.5 Å². The number of halogens is 1. The van der Waals surface area contributed by atoms with E-state index in [4.69, 9.17) is 16.3 Å². The van der Waals surface area contributed by atoms with E-state index in [9.17, 15) is 9.90 Å². The topological polar surface area (TPSA) is 58.6 Å². The Kier molecular flexibility index (Phi) is 3.96. The van der Waals surface area contributed by atoms with E-state index in [0.29, 0.717) is 5.02 Å². The molecule has 2 heterocycles. The Morgan fingerprint density at radius 1 is 1.40 bits per heavy atom. The minimum absolute atomic E-state index is 0.00906. The van der Waals surface area contributed by atoms with Crippen LogP contribution in [0.4, 0.5) is 0 Å². The van der Waals surface area contributed by atoms with Crippen LogP contribution in [0.2, 0.25) is 5.02 Å². The molecule has 3 rings (SSSR count). The standard InChI is InChI=1S/C15H18ClNO3/c16-10-3-1-9(2-4-10)13(18)8-17-15(19)12-7-11-5-6-14(12)20-11/h1-4,11-14,18H,5-8H2,(H,17,19). The Hall–Kier alpha value is -1.10. The van der Waals surface area contributed by atoms with Crippen molar-refractivity contribution in [2.75, 3.05) is 6.54 Å². The summed E-state index contributed by atoms with van der Waals surface area (Å²) in [4.78, 5) is 12.1. The zero-order valence-corrected chi connectivity index (χ0v) is 11.8. The number of benzene rings is 1. The molecule has 4 nitrogen and oxygen atoms in total. The maximum absolute atomic E-state index is 12.1. The van der Waals surface area contributed by atoms with E-state index in [1.165, 1.54) is 0 Å². The Balaban J connectivity index is 1.51. The van der Waals surface area contributed by atoms with Gasteiger partial charge in [-0.1, -0.05) is 23.7 Å². The van der Waals surface area contributed by atoms with Crippen molar-refractivity contribution in [2.45, 2.75) is 37.6 Å². The Morgan fingerprint density at radius 3 is 2.75 bits per heavy atom. The third-order valence-corrected chi connectivity index (χ3v) is 4.42. The lowest BCUT2D eigenvalue weighted by molar-refractivity contribution is -0.127. The third-order valence-electron chi connectivity index (χ3n) is 4.17. The third kappa shape index (κ3) is 2.82.